The van der Waals surface area contributed by atoms with Crippen LogP contribution in [0.4, 0.5) is 0 Å². The van der Waals surface area contributed by atoms with Crippen LogP contribution in [-0.2, 0) is 28.2 Å². The van der Waals surface area contributed by atoms with E-state index in [9.17, 15) is 14.2 Å². The first kappa shape index (κ1) is 50.0. The number of carbonyl (C=O) groups is 2. The van der Waals surface area contributed by atoms with Gasteiger partial charge in [0.05, 0.1) is 6.61 Å². The second-order valence-corrected chi connectivity index (χ2v) is 15.4. The predicted molar refractivity (Wildman–Crippen MR) is 213 cm³/mol. The van der Waals surface area contributed by atoms with Crippen molar-refractivity contribution in [3.05, 3.63) is 48.6 Å². The van der Waals surface area contributed by atoms with E-state index in [-0.39, 0.29) is 26.1 Å². The Morgan fingerprint density at radius 1 is 0.558 bits per heavy atom. The standard InChI is InChI=1S/C42H75O9P/c1-39(2)33-29-25-21-17-13-9-8-11-14-18-22-26-30-34-41(44)49-37-40(38-50-52(46,47)48)51-42(45)35-31-27-23-19-15-10-6-4-3-5-7-12-16-20-24-28-32-36-43/h3,5-6,10,12,16,19,23,39-40,43H,4,7-9,11,13-15,17-18,20-22,24-38H2,1-2H3,(H2,46,47,48)/b5-3-,10-6-,16-12-,23-19-/t40-/m1/s1. The fourth-order valence-corrected chi connectivity index (χ4v) is 5.89. The Morgan fingerprint density at radius 2 is 1.00 bits per heavy atom. The number of carbonyl (C=O) groups excluding carboxylic acids is 2. The third-order valence-electron chi connectivity index (χ3n) is 8.58. The summed E-state index contributed by atoms with van der Waals surface area (Å²) in [5, 5.41) is 8.77. The topological polar surface area (TPSA) is 140 Å². The zero-order valence-electron chi connectivity index (χ0n) is 32.8. The van der Waals surface area contributed by atoms with Crippen molar-refractivity contribution in [2.45, 2.75) is 180 Å². The van der Waals surface area contributed by atoms with Gasteiger partial charge in [0.25, 0.3) is 0 Å². The lowest BCUT2D eigenvalue weighted by atomic mass is 10.0. The Morgan fingerprint density at radius 3 is 1.50 bits per heavy atom. The third-order valence-corrected chi connectivity index (χ3v) is 9.07. The summed E-state index contributed by atoms with van der Waals surface area (Å²) in [6, 6.07) is 0. The van der Waals surface area contributed by atoms with E-state index in [1.807, 2.05) is 12.2 Å². The molecular weight excluding hydrogens is 679 g/mol. The third kappa shape index (κ3) is 40.7. The van der Waals surface area contributed by atoms with E-state index in [0.29, 0.717) is 19.3 Å². The molecule has 0 saturated carbocycles. The fourth-order valence-electron chi connectivity index (χ4n) is 5.53. The van der Waals surface area contributed by atoms with Gasteiger partial charge in [0, 0.05) is 19.4 Å². The van der Waals surface area contributed by atoms with Crippen molar-refractivity contribution >= 4 is 19.8 Å². The minimum Gasteiger partial charge on any atom is -0.462 e. The minimum atomic E-state index is -4.77. The van der Waals surface area contributed by atoms with E-state index in [4.69, 9.17) is 24.4 Å². The number of hydrogen-bond donors (Lipinski definition) is 3. The highest BCUT2D eigenvalue weighted by atomic mass is 31.2. The Kier molecular flexibility index (Phi) is 35.8. The second-order valence-electron chi connectivity index (χ2n) is 14.2. The number of phosphoric ester groups is 1. The molecule has 52 heavy (non-hydrogen) atoms. The number of unbranched alkanes of at least 4 members (excludes halogenated alkanes) is 16. The highest BCUT2D eigenvalue weighted by Crippen LogP contribution is 2.36. The van der Waals surface area contributed by atoms with Gasteiger partial charge < -0.3 is 24.4 Å². The van der Waals surface area contributed by atoms with Crippen LogP contribution in [-0.4, -0.2) is 52.8 Å². The molecule has 0 aliphatic rings. The van der Waals surface area contributed by atoms with Crippen molar-refractivity contribution in [1.82, 2.24) is 0 Å². The van der Waals surface area contributed by atoms with E-state index in [0.717, 1.165) is 63.7 Å². The first-order chi connectivity index (χ1) is 25.1. The summed E-state index contributed by atoms with van der Waals surface area (Å²) in [5.74, 6) is -0.143. The molecule has 0 rings (SSSR count). The average Bonchev–Trinajstić information content (AvgIpc) is 3.10. The predicted octanol–water partition coefficient (Wildman–Crippen LogP) is 11.2. The van der Waals surface area contributed by atoms with Crippen LogP contribution in [0, 0.1) is 5.92 Å². The number of allylic oxidation sites excluding steroid dienone is 8. The van der Waals surface area contributed by atoms with Crippen LogP contribution in [0.2, 0.25) is 0 Å². The SMILES string of the molecule is CC(C)CCCCCCCCCCCCCCCC(=O)OC[C@H](COP(=O)(O)O)OC(=O)CCC/C=C\C/C=C\C/C=C\C/C=C\CCCCCO. The van der Waals surface area contributed by atoms with Crippen LogP contribution in [0.5, 0.6) is 0 Å². The van der Waals surface area contributed by atoms with Gasteiger partial charge in [0.15, 0.2) is 6.10 Å². The molecule has 10 heteroatoms. The minimum absolute atomic E-state index is 0.126. The normalized spacial score (nSPS) is 13.0. The molecule has 0 bridgehead atoms. The van der Waals surface area contributed by atoms with E-state index in [1.165, 1.54) is 70.6 Å². The highest BCUT2D eigenvalue weighted by Gasteiger charge is 2.22. The lowest BCUT2D eigenvalue weighted by Gasteiger charge is -2.18. The van der Waals surface area contributed by atoms with Crippen LogP contribution >= 0.6 is 7.82 Å². The Hall–Kier alpha value is -2.03. The summed E-state index contributed by atoms with van der Waals surface area (Å²) >= 11 is 0. The summed E-state index contributed by atoms with van der Waals surface area (Å²) in [6.07, 6.45) is 41.4. The quantitative estimate of drug-likeness (QED) is 0.0245. The smallest absolute Gasteiger partial charge is 0.462 e. The van der Waals surface area contributed by atoms with E-state index < -0.39 is 32.5 Å². The summed E-state index contributed by atoms with van der Waals surface area (Å²) in [4.78, 5) is 42.8. The lowest BCUT2D eigenvalue weighted by Crippen LogP contribution is -2.29. The maximum Gasteiger partial charge on any atom is 0.469 e. The van der Waals surface area contributed by atoms with Crippen LogP contribution in [0.25, 0.3) is 0 Å². The van der Waals surface area contributed by atoms with Crippen LogP contribution in [0.1, 0.15) is 174 Å². The Bertz CT molecular complexity index is 999. The van der Waals surface area contributed by atoms with Gasteiger partial charge in [-0.05, 0) is 63.7 Å². The molecule has 0 fully saturated rings. The van der Waals surface area contributed by atoms with E-state index >= 15 is 0 Å². The molecule has 0 radical (unpaired) electrons. The average molecular weight is 755 g/mol. The summed E-state index contributed by atoms with van der Waals surface area (Å²) in [6.45, 7) is 3.99. The number of aliphatic hydroxyl groups is 1. The van der Waals surface area contributed by atoms with Gasteiger partial charge in [0.2, 0.25) is 0 Å². The number of aliphatic hydroxyl groups excluding tert-OH is 1. The van der Waals surface area contributed by atoms with Crippen LogP contribution < -0.4 is 0 Å². The molecule has 0 amide bonds. The van der Waals surface area contributed by atoms with Crippen LogP contribution in [0.15, 0.2) is 48.6 Å². The number of ether oxygens (including phenoxy) is 2. The molecule has 0 aliphatic carbocycles. The molecule has 0 spiro atoms. The molecule has 9 nitrogen and oxygen atoms in total. The van der Waals surface area contributed by atoms with Gasteiger partial charge in [-0.2, -0.15) is 0 Å². The molecule has 3 N–H and O–H groups in total. The maximum atomic E-state index is 12.4. The fraction of sp³-hybridized carbons (Fsp3) is 0.762. The molecule has 0 heterocycles. The van der Waals surface area contributed by atoms with Crippen molar-refractivity contribution in [3.63, 3.8) is 0 Å². The number of hydrogen-bond acceptors (Lipinski definition) is 7. The second kappa shape index (κ2) is 37.3. The molecule has 1 atom stereocenters. The lowest BCUT2D eigenvalue weighted by molar-refractivity contribution is -0.161. The molecule has 302 valence electrons. The number of phosphoric acid groups is 1. The molecule has 0 aliphatic heterocycles. The van der Waals surface area contributed by atoms with Crippen molar-refractivity contribution in [2.24, 2.45) is 5.92 Å². The molecule has 0 unspecified atom stereocenters. The maximum absolute atomic E-state index is 12.4. The Balaban J connectivity index is 4.02. The summed E-state index contributed by atoms with van der Waals surface area (Å²) < 4.78 is 26.3. The van der Waals surface area contributed by atoms with Crippen molar-refractivity contribution in [1.29, 1.82) is 0 Å². The largest absolute Gasteiger partial charge is 0.469 e. The first-order valence-electron chi connectivity index (χ1n) is 20.4. The molecular formula is C42H75O9P. The van der Waals surface area contributed by atoms with Gasteiger partial charge >= 0.3 is 19.8 Å². The van der Waals surface area contributed by atoms with Gasteiger partial charge in [-0.25, -0.2) is 4.57 Å². The summed E-state index contributed by atoms with van der Waals surface area (Å²) in [7, 11) is -4.77. The van der Waals surface area contributed by atoms with Crippen molar-refractivity contribution in [3.8, 4) is 0 Å². The van der Waals surface area contributed by atoms with Crippen molar-refractivity contribution in [2.75, 3.05) is 19.8 Å². The van der Waals surface area contributed by atoms with Crippen LogP contribution in [0.3, 0.4) is 0 Å². The first-order valence-corrected chi connectivity index (χ1v) is 21.9. The van der Waals surface area contributed by atoms with E-state index in [1.54, 1.807) is 0 Å². The van der Waals surface area contributed by atoms with Gasteiger partial charge in [0.1, 0.15) is 6.61 Å². The monoisotopic (exact) mass is 755 g/mol. The van der Waals surface area contributed by atoms with Gasteiger partial charge in [-0.3, -0.25) is 14.1 Å². The van der Waals surface area contributed by atoms with Gasteiger partial charge in [-0.15, -0.1) is 0 Å². The van der Waals surface area contributed by atoms with Gasteiger partial charge in [-0.1, -0.05) is 152 Å². The molecule has 0 saturated heterocycles. The Labute approximate surface area is 317 Å². The number of rotatable bonds is 37. The zero-order valence-corrected chi connectivity index (χ0v) is 33.7. The molecule has 0 aromatic rings. The number of esters is 2. The summed E-state index contributed by atoms with van der Waals surface area (Å²) in [5.41, 5.74) is 0. The molecule has 0 aromatic heterocycles. The highest BCUT2D eigenvalue weighted by molar-refractivity contribution is 7.46. The van der Waals surface area contributed by atoms with E-state index in [2.05, 4.69) is 54.8 Å². The molecule has 0 aromatic carbocycles. The van der Waals surface area contributed by atoms with Crippen molar-refractivity contribution < 1.29 is 43.0 Å². The zero-order chi connectivity index (χ0) is 38.4.